The molecule has 1 heteroatoms. The molecule has 0 aliphatic carbocycles. The Hall–Kier alpha value is -1.76. The zero-order valence-corrected chi connectivity index (χ0v) is 10.2. The van der Waals surface area contributed by atoms with Crippen LogP contribution < -0.4 is 4.90 Å². The lowest BCUT2D eigenvalue weighted by atomic mass is 10.1. The SMILES string of the molecule is CCc1cccc(N2Cc3ccccc3C2)c1. The second-order valence-electron chi connectivity index (χ2n) is 4.65. The van der Waals surface area contributed by atoms with Crippen LogP contribution in [-0.2, 0) is 19.5 Å². The second kappa shape index (κ2) is 4.25. The van der Waals surface area contributed by atoms with Crippen LogP contribution in [0.3, 0.4) is 0 Å². The maximum Gasteiger partial charge on any atom is 0.0436 e. The van der Waals surface area contributed by atoms with Gasteiger partial charge in [-0.25, -0.2) is 0 Å². The zero-order chi connectivity index (χ0) is 11.7. The number of nitrogens with zero attached hydrogens (tertiary/aromatic N) is 1. The lowest BCUT2D eigenvalue weighted by molar-refractivity contribution is 0.878. The van der Waals surface area contributed by atoms with E-state index in [4.69, 9.17) is 0 Å². The summed E-state index contributed by atoms with van der Waals surface area (Å²) in [5.74, 6) is 0. The van der Waals surface area contributed by atoms with Crippen molar-refractivity contribution in [3.63, 3.8) is 0 Å². The van der Waals surface area contributed by atoms with Crippen molar-refractivity contribution in [2.45, 2.75) is 26.4 Å². The number of hydrogen-bond acceptors (Lipinski definition) is 1. The molecule has 2 aromatic rings. The third-order valence-electron chi connectivity index (χ3n) is 3.52. The molecule has 3 rings (SSSR count). The van der Waals surface area contributed by atoms with Gasteiger partial charge in [0.1, 0.15) is 0 Å². The average molecular weight is 223 g/mol. The van der Waals surface area contributed by atoms with Crippen LogP contribution in [0, 0.1) is 0 Å². The van der Waals surface area contributed by atoms with Crippen molar-refractivity contribution in [3.05, 3.63) is 65.2 Å². The normalized spacial score (nSPS) is 13.8. The molecule has 1 aliphatic heterocycles. The van der Waals surface area contributed by atoms with E-state index in [0.717, 1.165) is 19.5 Å². The summed E-state index contributed by atoms with van der Waals surface area (Å²) in [6.45, 7) is 4.30. The van der Waals surface area contributed by atoms with Crippen molar-refractivity contribution < 1.29 is 0 Å². The third-order valence-corrected chi connectivity index (χ3v) is 3.52. The van der Waals surface area contributed by atoms with Gasteiger partial charge in [0.15, 0.2) is 0 Å². The van der Waals surface area contributed by atoms with Crippen molar-refractivity contribution in [3.8, 4) is 0 Å². The maximum atomic E-state index is 2.45. The smallest absolute Gasteiger partial charge is 0.0436 e. The molecule has 1 nitrogen and oxygen atoms in total. The van der Waals surface area contributed by atoms with Gasteiger partial charge in [0.25, 0.3) is 0 Å². The highest BCUT2D eigenvalue weighted by molar-refractivity contribution is 5.53. The Balaban J connectivity index is 1.88. The molecule has 0 bridgehead atoms. The van der Waals surface area contributed by atoms with Gasteiger partial charge in [-0.1, -0.05) is 43.3 Å². The molecule has 0 spiro atoms. The minimum absolute atomic E-state index is 1.04. The number of hydrogen-bond donors (Lipinski definition) is 0. The highest BCUT2D eigenvalue weighted by Crippen LogP contribution is 2.28. The molecule has 0 atom stereocenters. The summed E-state index contributed by atoms with van der Waals surface area (Å²) in [5.41, 5.74) is 5.70. The topological polar surface area (TPSA) is 3.24 Å². The van der Waals surface area contributed by atoms with Crippen molar-refractivity contribution in [2.24, 2.45) is 0 Å². The Morgan fingerprint density at radius 3 is 2.29 bits per heavy atom. The standard InChI is InChI=1S/C16H17N/c1-2-13-6-5-9-16(10-13)17-11-14-7-3-4-8-15(14)12-17/h3-10H,2,11-12H2,1H3. The van der Waals surface area contributed by atoms with E-state index in [0.29, 0.717) is 0 Å². The summed E-state index contributed by atoms with van der Waals surface area (Å²) in [6, 6.07) is 17.6. The van der Waals surface area contributed by atoms with E-state index in [9.17, 15) is 0 Å². The van der Waals surface area contributed by atoms with Gasteiger partial charge in [-0.2, -0.15) is 0 Å². The van der Waals surface area contributed by atoms with Crippen LogP contribution in [0.4, 0.5) is 5.69 Å². The van der Waals surface area contributed by atoms with Crippen LogP contribution in [0.2, 0.25) is 0 Å². The summed E-state index contributed by atoms with van der Waals surface area (Å²) in [4.78, 5) is 2.45. The molecule has 0 saturated heterocycles. The van der Waals surface area contributed by atoms with Gasteiger partial charge >= 0.3 is 0 Å². The van der Waals surface area contributed by atoms with Gasteiger partial charge in [0.05, 0.1) is 0 Å². The first-order valence-electron chi connectivity index (χ1n) is 6.27. The molecule has 0 saturated carbocycles. The Bertz CT molecular complexity index is 506. The fourth-order valence-electron chi connectivity index (χ4n) is 2.49. The Morgan fingerprint density at radius 2 is 1.65 bits per heavy atom. The molecule has 0 amide bonds. The molecule has 86 valence electrons. The molecule has 0 aromatic heterocycles. The first-order valence-corrected chi connectivity index (χ1v) is 6.27. The molecule has 0 N–H and O–H groups in total. The molecular formula is C16H17N. The van der Waals surface area contributed by atoms with Crippen LogP contribution >= 0.6 is 0 Å². The maximum absolute atomic E-state index is 2.45. The molecule has 1 aliphatic rings. The highest BCUT2D eigenvalue weighted by atomic mass is 15.1. The van der Waals surface area contributed by atoms with Crippen molar-refractivity contribution in [2.75, 3.05) is 4.90 Å². The fraction of sp³-hybridized carbons (Fsp3) is 0.250. The molecule has 0 fully saturated rings. The molecule has 2 aromatic carbocycles. The molecular weight excluding hydrogens is 206 g/mol. The Labute approximate surface area is 103 Å². The summed E-state index contributed by atoms with van der Waals surface area (Å²) in [5, 5.41) is 0. The lowest BCUT2D eigenvalue weighted by Crippen LogP contribution is -2.14. The Kier molecular flexibility index (Phi) is 2.60. The quantitative estimate of drug-likeness (QED) is 0.749. The second-order valence-corrected chi connectivity index (χ2v) is 4.65. The van der Waals surface area contributed by atoms with Crippen LogP contribution in [0.1, 0.15) is 23.6 Å². The number of benzene rings is 2. The molecule has 0 unspecified atom stereocenters. The van der Waals surface area contributed by atoms with Crippen LogP contribution in [0.5, 0.6) is 0 Å². The summed E-state index contributed by atoms with van der Waals surface area (Å²) >= 11 is 0. The van der Waals surface area contributed by atoms with Gasteiger partial charge in [-0.3, -0.25) is 0 Å². The monoisotopic (exact) mass is 223 g/mol. The van der Waals surface area contributed by atoms with Gasteiger partial charge in [-0.05, 0) is 35.2 Å². The predicted molar refractivity (Wildman–Crippen MR) is 72.1 cm³/mol. The minimum Gasteiger partial charge on any atom is -0.363 e. The largest absolute Gasteiger partial charge is 0.363 e. The molecule has 1 heterocycles. The first-order chi connectivity index (χ1) is 8.36. The predicted octanol–water partition coefficient (Wildman–Crippen LogP) is 3.77. The van der Waals surface area contributed by atoms with E-state index in [1.54, 1.807) is 0 Å². The zero-order valence-electron chi connectivity index (χ0n) is 10.2. The fourth-order valence-corrected chi connectivity index (χ4v) is 2.49. The van der Waals surface area contributed by atoms with E-state index in [1.165, 1.54) is 22.4 Å². The van der Waals surface area contributed by atoms with Crippen LogP contribution in [0.15, 0.2) is 48.5 Å². The van der Waals surface area contributed by atoms with Crippen molar-refractivity contribution in [1.82, 2.24) is 0 Å². The number of rotatable bonds is 2. The van der Waals surface area contributed by atoms with E-state index in [2.05, 4.69) is 60.4 Å². The highest BCUT2D eigenvalue weighted by Gasteiger charge is 2.18. The van der Waals surface area contributed by atoms with Gasteiger partial charge in [-0.15, -0.1) is 0 Å². The minimum atomic E-state index is 1.04. The summed E-state index contributed by atoms with van der Waals surface area (Å²) < 4.78 is 0. The number of aryl methyl sites for hydroxylation is 1. The number of anilines is 1. The van der Waals surface area contributed by atoms with E-state index in [1.807, 2.05) is 0 Å². The molecule has 17 heavy (non-hydrogen) atoms. The Morgan fingerprint density at radius 1 is 0.941 bits per heavy atom. The first kappa shape index (κ1) is 10.4. The van der Waals surface area contributed by atoms with E-state index >= 15 is 0 Å². The molecule has 0 radical (unpaired) electrons. The average Bonchev–Trinajstić information content (AvgIpc) is 2.82. The number of fused-ring (bicyclic) bond motifs is 1. The van der Waals surface area contributed by atoms with Crippen molar-refractivity contribution in [1.29, 1.82) is 0 Å². The lowest BCUT2D eigenvalue weighted by Gasteiger charge is -2.18. The summed E-state index contributed by atoms with van der Waals surface area (Å²) in [6.07, 6.45) is 1.11. The van der Waals surface area contributed by atoms with Crippen LogP contribution in [0.25, 0.3) is 0 Å². The van der Waals surface area contributed by atoms with E-state index in [-0.39, 0.29) is 0 Å². The van der Waals surface area contributed by atoms with Crippen molar-refractivity contribution >= 4 is 5.69 Å². The van der Waals surface area contributed by atoms with Crippen LogP contribution in [-0.4, -0.2) is 0 Å². The van der Waals surface area contributed by atoms with Gasteiger partial charge in [0, 0.05) is 18.8 Å². The summed E-state index contributed by atoms with van der Waals surface area (Å²) in [7, 11) is 0. The van der Waals surface area contributed by atoms with Gasteiger partial charge < -0.3 is 4.90 Å². The van der Waals surface area contributed by atoms with E-state index < -0.39 is 0 Å². The third kappa shape index (κ3) is 1.93. The van der Waals surface area contributed by atoms with Gasteiger partial charge in [0.2, 0.25) is 0 Å².